The topological polar surface area (TPSA) is 95.5 Å². The fourth-order valence-corrected chi connectivity index (χ4v) is 7.56. The molecule has 0 radical (unpaired) electrons. The highest BCUT2D eigenvalue weighted by Crippen LogP contribution is 2.50. The van der Waals surface area contributed by atoms with Crippen LogP contribution in [0.25, 0.3) is 0 Å². The lowest BCUT2D eigenvalue weighted by molar-refractivity contribution is -0.156. The maximum Gasteiger partial charge on any atom is 0.307 e. The number of aliphatic carboxylic acids is 1. The predicted octanol–water partition coefficient (Wildman–Crippen LogP) is 4.23. The summed E-state index contributed by atoms with van der Waals surface area (Å²) in [5.41, 5.74) is 1.74. The van der Waals surface area contributed by atoms with E-state index >= 15 is 0 Å². The van der Waals surface area contributed by atoms with E-state index in [1.807, 2.05) is 0 Å². The zero-order chi connectivity index (χ0) is 21.7. The average Bonchev–Trinajstić information content (AvgIpc) is 3.51. The summed E-state index contributed by atoms with van der Waals surface area (Å²) in [5.74, 6) is -1.37. The van der Waals surface area contributed by atoms with Crippen molar-refractivity contribution in [3.8, 4) is 0 Å². The van der Waals surface area contributed by atoms with Crippen molar-refractivity contribution in [2.24, 2.45) is 29.6 Å². The number of hydrogen-bond acceptors (Lipinski definition) is 4. The molecule has 0 spiro atoms. The minimum absolute atomic E-state index is 0.0785. The van der Waals surface area contributed by atoms with Gasteiger partial charge in [0.05, 0.1) is 17.4 Å². The third kappa shape index (κ3) is 3.90. The van der Waals surface area contributed by atoms with Crippen molar-refractivity contribution in [2.45, 2.75) is 77.2 Å². The molecule has 3 atom stereocenters. The monoisotopic (exact) mass is 444 g/mol. The van der Waals surface area contributed by atoms with Gasteiger partial charge in [-0.1, -0.05) is 13.3 Å². The van der Waals surface area contributed by atoms with Crippen molar-refractivity contribution in [1.29, 1.82) is 0 Å². The van der Waals surface area contributed by atoms with E-state index in [2.05, 4.69) is 17.6 Å². The molecule has 4 saturated carbocycles. The summed E-state index contributed by atoms with van der Waals surface area (Å²) in [6.07, 6.45) is 9.74. The molecule has 7 heteroatoms. The molecule has 1 heterocycles. The number of hydrogen-bond donors (Lipinski definition) is 3. The number of anilines is 1. The number of carboxylic acid groups (broad SMARTS) is 1. The zero-order valence-electron chi connectivity index (χ0n) is 18.1. The Bertz CT molecular complexity index is 898. The lowest BCUT2D eigenvalue weighted by Crippen LogP contribution is -2.49. The van der Waals surface area contributed by atoms with Crippen molar-refractivity contribution in [3.05, 3.63) is 16.0 Å². The van der Waals surface area contributed by atoms with Gasteiger partial charge >= 0.3 is 5.97 Å². The summed E-state index contributed by atoms with van der Waals surface area (Å²) < 4.78 is 0. The van der Waals surface area contributed by atoms with E-state index in [0.717, 1.165) is 69.8 Å². The number of carbonyl (C=O) groups excluding carboxylic acids is 2. The Morgan fingerprint density at radius 3 is 2.29 bits per heavy atom. The molecular weight excluding hydrogens is 412 g/mol. The second-order valence-corrected chi connectivity index (χ2v) is 11.1. The number of carbonyl (C=O) groups is 3. The van der Waals surface area contributed by atoms with Gasteiger partial charge in [-0.15, -0.1) is 11.3 Å². The van der Waals surface area contributed by atoms with Gasteiger partial charge in [-0.3, -0.25) is 14.4 Å². The number of fused-ring (bicyclic) bond motifs is 4. The molecule has 31 heavy (non-hydrogen) atoms. The summed E-state index contributed by atoms with van der Waals surface area (Å²) >= 11 is 1.54. The average molecular weight is 445 g/mol. The van der Waals surface area contributed by atoms with E-state index in [0.29, 0.717) is 16.5 Å². The van der Waals surface area contributed by atoms with Gasteiger partial charge in [0.1, 0.15) is 5.00 Å². The Morgan fingerprint density at radius 2 is 1.68 bits per heavy atom. The maximum atomic E-state index is 13.4. The molecule has 0 aliphatic heterocycles. The molecule has 168 valence electrons. The second kappa shape index (κ2) is 8.23. The van der Waals surface area contributed by atoms with Crippen molar-refractivity contribution in [3.63, 3.8) is 0 Å². The molecule has 6 nitrogen and oxygen atoms in total. The summed E-state index contributed by atoms with van der Waals surface area (Å²) in [6.45, 7) is 2.21. The minimum Gasteiger partial charge on any atom is -0.481 e. The van der Waals surface area contributed by atoms with E-state index in [4.69, 9.17) is 0 Å². The first-order chi connectivity index (χ1) is 15.0. The second-order valence-electron chi connectivity index (χ2n) is 10.0. The Hall–Kier alpha value is -1.89. The van der Waals surface area contributed by atoms with Crippen LogP contribution in [0, 0.1) is 29.6 Å². The van der Waals surface area contributed by atoms with E-state index in [1.165, 1.54) is 16.2 Å². The molecule has 4 fully saturated rings. The van der Waals surface area contributed by atoms with Crippen molar-refractivity contribution in [2.75, 3.05) is 5.32 Å². The maximum absolute atomic E-state index is 13.4. The first-order valence-electron chi connectivity index (χ1n) is 11.9. The summed E-state index contributed by atoms with van der Waals surface area (Å²) in [6, 6.07) is 0.254. The molecule has 3 N–H and O–H groups in total. The van der Waals surface area contributed by atoms with Gasteiger partial charge in [0, 0.05) is 10.9 Å². The van der Waals surface area contributed by atoms with E-state index in [1.54, 1.807) is 0 Å². The van der Waals surface area contributed by atoms with E-state index in [9.17, 15) is 19.5 Å². The number of carboxylic acids is 1. The molecule has 1 aromatic heterocycles. The highest BCUT2D eigenvalue weighted by molar-refractivity contribution is 7.17. The Balaban J connectivity index is 1.44. The van der Waals surface area contributed by atoms with Gasteiger partial charge in [0.15, 0.2) is 0 Å². The van der Waals surface area contributed by atoms with E-state index in [-0.39, 0.29) is 29.7 Å². The van der Waals surface area contributed by atoms with Crippen molar-refractivity contribution in [1.82, 2.24) is 5.32 Å². The van der Waals surface area contributed by atoms with Crippen LogP contribution in [0.15, 0.2) is 0 Å². The fourth-order valence-electron chi connectivity index (χ4n) is 6.19. The Kier molecular flexibility index (Phi) is 5.57. The molecule has 2 bridgehead atoms. The van der Waals surface area contributed by atoms with Crippen LogP contribution in [0.4, 0.5) is 5.00 Å². The predicted molar refractivity (Wildman–Crippen MR) is 119 cm³/mol. The number of amides is 2. The Morgan fingerprint density at radius 1 is 1.00 bits per heavy atom. The van der Waals surface area contributed by atoms with Crippen LogP contribution in [0.2, 0.25) is 0 Å². The normalized spacial score (nSPS) is 31.7. The highest BCUT2D eigenvalue weighted by Gasteiger charge is 2.50. The lowest BCUT2D eigenvalue weighted by Gasteiger charge is -2.45. The number of nitrogens with one attached hydrogen (secondary N) is 2. The number of rotatable bonds is 6. The van der Waals surface area contributed by atoms with Crippen molar-refractivity contribution >= 4 is 34.1 Å². The van der Waals surface area contributed by atoms with Gasteiger partial charge in [-0.05, 0) is 81.1 Å². The third-order valence-corrected chi connectivity index (χ3v) is 9.30. The molecule has 2 amide bonds. The zero-order valence-corrected chi connectivity index (χ0v) is 18.9. The molecule has 6 rings (SSSR count). The number of thiophene rings is 1. The van der Waals surface area contributed by atoms with Crippen LogP contribution < -0.4 is 10.6 Å². The van der Waals surface area contributed by atoms with Crippen LogP contribution in [0.3, 0.4) is 0 Å². The van der Waals surface area contributed by atoms with Crippen LogP contribution in [-0.4, -0.2) is 28.9 Å². The SMILES string of the molecule is CC[C@@H]1CCc2c(sc(NC(=O)[C@@H]3C4CCC(CC4)[C@@H]3C(=O)O)c2C(=O)NC2CC2)C1. The van der Waals surface area contributed by atoms with Crippen LogP contribution in [0.1, 0.15) is 79.1 Å². The smallest absolute Gasteiger partial charge is 0.307 e. The first-order valence-corrected chi connectivity index (χ1v) is 12.8. The van der Waals surface area contributed by atoms with Gasteiger partial charge in [-0.2, -0.15) is 0 Å². The largest absolute Gasteiger partial charge is 0.481 e. The summed E-state index contributed by atoms with van der Waals surface area (Å²) in [5, 5.41) is 16.6. The van der Waals surface area contributed by atoms with Gasteiger partial charge in [0.2, 0.25) is 5.91 Å². The molecule has 0 saturated heterocycles. The highest BCUT2D eigenvalue weighted by atomic mass is 32.1. The standard InChI is InChI=1S/C24H32N2O4S/c1-2-12-3-10-16-17(11-12)31-23(20(16)22(28)25-15-8-9-15)26-21(27)18-13-4-6-14(7-5-13)19(18)24(29)30/h12-15,18-19H,2-11H2,1H3,(H,25,28)(H,26,27)(H,29,30)/t12-,13?,14?,18-,19+/m1/s1. The van der Waals surface area contributed by atoms with Crippen LogP contribution >= 0.6 is 11.3 Å². The summed E-state index contributed by atoms with van der Waals surface area (Å²) in [4.78, 5) is 39.7. The quantitative estimate of drug-likeness (QED) is 0.612. The molecule has 1 aromatic rings. The molecule has 0 aromatic carbocycles. The summed E-state index contributed by atoms with van der Waals surface area (Å²) in [7, 11) is 0. The molecular formula is C24H32N2O4S. The molecule has 0 unspecified atom stereocenters. The van der Waals surface area contributed by atoms with Gasteiger partial charge in [-0.25, -0.2) is 0 Å². The van der Waals surface area contributed by atoms with Gasteiger partial charge < -0.3 is 15.7 Å². The fraction of sp³-hybridized carbons (Fsp3) is 0.708. The van der Waals surface area contributed by atoms with Crippen molar-refractivity contribution < 1.29 is 19.5 Å². The Labute approximate surface area is 187 Å². The molecule has 5 aliphatic rings. The third-order valence-electron chi connectivity index (χ3n) is 8.13. The van der Waals surface area contributed by atoms with Crippen LogP contribution in [-0.2, 0) is 22.4 Å². The van der Waals surface area contributed by atoms with E-state index < -0.39 is 17.8 Å². The minimum atomic E-state index is -0.850. The first kappa shape index (κ1) is 21.0. The van der Waals surface area contributed by atoms with Crippen LogP contribution in [0.5, 0.6) is 0 Å². The van der Waals surface area contributed by atoms with Gasteiger partial charge in [0.25, 0.3) is 5.91 Å². The lowest BCUT2D eigenvalue weighted by atomic mass is 9.58. The molecule has 5 aliphatic carbocycles.